The third kappa shape index (κ3) is 5.17. The topological polar surface area (TPSA) is 0 Å². The molecule has 0 amide bonds. The first-order chi connectivity index (χ1) is 16.6. The van der Waals surface area contributed by atoms with Crippen molar-refractivity contribution in [1.29, 1.82) is 0 Å². The fourth-order valence-electron chi connectivity index (χ4n) is 6.70. The lowest BCUT2D eigenvalue weighted by Crippen LogP contribution is -2.11. The first kappa shape index (κ1) is 27.0. The summed E-state index contributed by atoms with van der Waals surface area (Å²) in [6.45, 7) is 16.5. The van der Waals surface area contributed by atoms with Crippen molar-refractivity contribution in [3.63, 3.8) is 0 Å². The van der Waals surface area contributed by atoms with Crippen molar-refractivity contribution in [2.45, 2.75) is 145 Å². The van der Waals surface area contributed by atoms with Crippen LogP contribution in [0.5, 0.6) is 0 Å². The normalized spacial score (nSPS) is 12.3. The molecular formula is C34H51. The smallest absolute Gasteiger partial charge is 0.000413 e. The Morgan fingerprint density at radius 1 is 0.441 bits per heavy atom. The second-order valence-corrected chi connectivity index (χ2v) is 10.6. The molecule has 3 rings (SSSR count). The summed E-state index contributed by atoms with van der Waals surface area (Å²) in [5, 5.41) is 0. The van der Waals surface area contributed by atoms with Gasteiger partial charge in [-0.1, -0.05) is 93.4 Å². The van der Waals surface area contributed by atoms with E-state index in [1.54, 1.807) is 50.1 Å². The number of rotatable bonds is 14. The number of hydrogen-bond donors (Lipinski definition) is 0. The summed E-state index contributed by atoms with van der Waals surface area (Å²) < 4.78 is 0. The first-order valence-corrected chi connectivity index (χ1v) is 14.9. The molecule has 0 heterocycles. The van der Waals surface area contributed by atoms with Gasteiger partial charge in [0.15, 0.2) is 0 Å². The zero-order chi connectivity index (χ0) is 24.7. The zero-order valence-corrected chi connectivity index (χ0v) is 23.6. The van der Waals surface area contributed by atoms with Crippen LogP contribution in [-0.2, 0) is 51.4 Å². The second-order valence-electron chi connectivity index (χ2n) is 10.6. The van der Waals surface area contributed by atoms with Gasteiger partial charge in [-0.25, -0.2) is 0 Å². The van der Waals surface area contributed by atoms with Crippen LogP contribution in [-0.4, -0.2) is 0 Å². The van der Waals surface area contributed by atoms with Crippen molar-refractivity contribution < 1.29 is 0 Å². The first-order valence-electron chi connectivity index (χ1n) is 14.9. The zero-order valence-electron chi connectivity index (χ0n) is 23.6. The molecule has 0 atom stereocenters. The molecule has 1 aliphatic carbocycles. The maximum Gasteiger partial charge on any atom is -0.000413 e. The van der Waals surface area contributed by atoms with E-state index in [4.69, 9.17) is 0 Å². The molecule has 0 N–H and O–H groups in total. The van der Waals surface area contributed by atoms with Gasteiger partial charge in [0, 0.05) is 0 Å². The minimum Gasteiger partial charge on any atom is -0.0651 e. The molecule has 1 aliphatic rings. The number of aryl methyl sites for hydroxylation is 1. The van der Waals surface area contributed by atoms with Crippen molar-refractivity contribution in [3.05, 3.63) is 56.1 Å². The molecule has 0 unspecified atom stereocenters. The molecule has 34 heavy (non-hydrogen) atoms. The summed E-state index contributed by atoms with van der Waals surface area (Å²) in [6.07, 6.45) is 18.3. The van der Waals surface area contributed by atoms with Gasteiger partial charge >= 0.3 is 0 Å². The van der Waals surface area contributed by atoms with Gasteiger partial charge in [-0.05, 0) is 119 Å². The Bertz CT molecular complexity index is 959. The lowest BCUT2D eigenvalue weighted by molar-refractivity contribution is 0.796. The molecule has 0 bridgehead atoms. The van der Waals surface area contributed by atoms with Crippen LogP contribution in [0.15, 0.2) is 0 Å². The molecule has 0 heteroatoms. The molecule has 0 aliphatic heterocycles. The van der Waals surface area contributed by atoms with Crippen molar-refractivity contribution >= 4 is 0 Å². The Hall–Kier alpha value is -1.56. The van der Waals surface area contributed by atoms with E-state index in [0.717, 1.165) is 6.42 Å². The fourth-order valence-corrected chi connectivity index (χ4v) is 6.70. The van der Waals surface area contributed by atoms with E-state index in [9.17, 15) is 0 Å². The van der Waals surface area contributed by atoms with Crippen LogP contribution in [0.3, 0.4) is 0 Å². The number of hydrogen-bond acceptors (Lipinski definition) is 0. The van der Waals surface area contributed by atoms with Crippen molar-refractivity contribution in [3.8, 4) is 11.1 Å². The Kier molecular flexibility index (Phi) is 10.3. The van der Waals surface area contributed by atoms with Crippen LogP contribution in [0.25, 0.3) is 11.1 Å². The minimum atomic E-state index is 1.12. The molecule has 0 fully saturated rings. The van der Waals surface area contributed by atoms with Crippen molar-refractivity contribution in [2.75, 3.05) is 0 Å². The van der Waals surface area contributed by atoms with E-state index in [1.165, 1.54) is 101 Å². The lowest BCUT2D eigenvalue weighted by atomic mass is 9.79. The quantitative estimate of drug-likeness (QED) is 0.225. The summed E-state index contributed by atoms with van der Waals surface area (Å²) in [6, 6.07) is 4.07. The molecule has 1 radical (unpaired) electrons. The van der Waals surface area contributed by atoms with E-state index < -0.39 is 0 Å². The monoisotopic (exact) mass is 459 g/mol. The van der Waals surface area contributed by atoms with Crippen LogP contribution in [0.1, 0.15) is 143 Å². The number of fused-ring (bicyclic) bond motifs is 3. The molecule has 0 nitrogen and oxygen atoms in total. The highest BCUT2D eigenvalue weighted by atomic mass is 14.4. The predicted molar refractivity (Wildman–Crippen MR) is 151 cm³/mol. The highest BCUT2D eigenvalue weighted by Gasteiger charge is 2.32. The van der Waals surface area contributed by atoms with E-state index >= 15 is 0 Å². The third-order valence-corrected chi connectivity index (χ3v) is 7.80. The minimum absolute atomic E-state index is 1.12. The summed E-state index contributed by atoms with van der Waals surface area (Å²) in [5.74, 6) is 0. The fraction of sp³-hybridized carbons (Fsp3) is 0.647. The van der Waals surface area contributed by atoms with E-state index in [1.807, 2.05) is 0 Å². The van der Waals surface area contributed by atoms with Gasteiger partial charge in [0.1, 0.15) is 0 Å². The number of benzene rings is 2. The molecular weight excluding hydrogens is 408 g/mol. The van der Waals surface area contributed by atoms with Crippen LogP contribution < -0.4 is 0 Å². The van der Waals surface area contributed by atoms with Crippen LogP contribution in [0.2, 0.25) is 0 Å². The van der Waals surface area contributed by atoms with Crippen LogP contribution in [0, 0.1) is 6.07 Å². The van der Waals surface area contributed by atoms with Gasteiger partial charge < -0.3 is 0 Å². The summed E-state index contributed by atoms with van der Waals surface area (Å²) >= 11 is 0. The maximum atomic E-state index is 4.07. The molecule has 187 valence electrons. The van der Waals surface area contributed by atoms with Gasteiger partial charge in [-0.2, -0.15) is 0 Å². The van der Waals surface area contributed by atoms with Crippen LogP contribution in [0.4, 0.5) is 0 Å². The largest absolute Gasteiger partial charge is 0.0651 e. The molecule has 2 aromatic rings. The SMILES string of the molecule is CCCc1[c]c2c(c(CCC)c1CCC)-c1c(CCC)c(CCC)c(CCC)c(CCC)c1C2. The molecule has 2 aromatic carbocycles. The Morgan fingerprint density at radius 2 is 0.853 bits per heavy atom. The van der Waals surface area contributed by atoms with Gasteiger partial charge in [0.25, 0.3) is 0 Å². The summed E-state index contributed by atoms with van der Waals surface area (Å²) in [5.41, 5.74) is 18.4. The highest BCUT2D eigenvalue weighted by Crippen LogP contribution is 2.48. The molecule has 0 saturated heterocycles. The highest BCUT2D eigenvalue weighted by molar-refractivity contribution is 5.86. The maximum absolute atomic E-state index is 4.07. The van der Waals surface area contributed by atoms with Crippen LogP contribution >= 0.6 is 0 Å². The van der Waals surface area contributed by atoms with Crippen molar-refractivity contribution in [2.24, 2.45) is 0 Å². The average Bonchev–Trinajstić information content (AvgIpc) is 3.19. The summed E-state index contributed by atoms with van der Waals surface area (Å²) in [7, 11) is 0. The Balaban J connectivity index is 2.44. The van der Waals surface area contributed by atoms with Gasteiger partial charge in [0.2, 0.25) is 0 Å². The standard InChI is InChI=1S/C34H51/c1-8-15-24-22-25-23-32-29(19-12-5)27(17-10-3)28(18-11-4)31(21-14-7)34(32)33(25)30(20-13-6)26(24)16-9-2/h8-21,23H2,1-7H3. The summed E-state index contributed by atoms with van der Waals surface area (Å²) in [4.78, 5) is 0. The van der Waals surface area contributed by atoms with E-state index in [-0.39, 0.29) is 0 Å². The third-order valence-electron chi connectivity index (χ3n) is 7.80. The van der Waals surface area contributed by atoms with Crippen molar-refractivity contribution in [1.82, 2.24) is 0 Å². The molecule has 0 spiro atoms. The molecule has 0 aromatic heterocycles. The average molecular weight is 460 g/mol. The van der Waals surface area contributed by atoms with E-state index in [2.05, 4.69) is 54.5 Å². The lowest BCUT2D eigenvalue weighted by Gasteiger charge is -2.26. The van der Waals surface area contributed by atoms with Gasteiger partial charge in [-0.15, -0.1) is 0 Å². The predicted octanol–water partition coefficient (Wildman–Crippen LogP) is 9.73. The Labute approximate surface area is 212 Å². The molecule has 0 saturated carbocycles. The van der Waals surface area contributed by atoms with E-state index in [0.29, 0.717) is 0 Å². The second kappa shape index (κ2) is 12.9. The van der Waals surface area contributed by atoms with Gasteiger partial charge in [-0.3, -0.25) is 0 Å². The Morgan fingerprint density at radius 3 is 1.38 bits per heavy atom. The van der Waals surface area contributed by atoms with Gasteiger partial charge in [0.05, 0.1) is 0 Å².